The highest BCUT2D eigenvalue weighted by molar-refractivity contribution is 4.85. The Morgan fingerprint density at radius 3 is 2.00 bits per heavy atom. The van der Waals surface area contributed by atoms with Gasteiger partial charge in [0.05, 0.1) is 18.8 Å². The van der Waals surface area contributed by atoms with Crippen LogP contribution >= 0.6 is 0 Å². The molecule has 0 atom stereocenters. The summed E-state index contributed by atoms with van der Waals surface area (Å²) in [5.41, 5.74) is -0.644. The molecule has 0 bridgehead atoms. The summed E-state index contributed by atoms with van der Waals surface area (Å²) in [6, 6.07) is 0. The molecule has 5 nitrogen and oxygen atoms in total. The second-order valence-electron chi connectivity index (χ2n) is 3.23. The van der Waals surface area contributed by atoms with Crippen LogP contribution in [0.25, 0.3) is 0 Å². The van der Waals surface area contributed by atoms with Crippen LogP contribution in [-0.4, -0.2) is 56.0 Å². The van der Waals surface area contributed by atoms with Crippen molar-refractivity contribution >= 4 is 0 Å². The first-order chi connectivity index (χ1) is 6.67. The number of methoxy groups -OCH3 is 2. The van der Waals surface area contributed by atoms with Gasteiger partial charge in [0, 0.05) is 20.8 Å². The third-order valence-electron chi connectivity index (χ3n) is 2.45. The Kier molecular flexibility index (Phi) is 7.04. The average molecular weight is 207 g/mol. The van der Waals surface area contributed by atoms with Crippen molar-refractivity contribution in [3.05, 3.63) is 0 Å². The molecule has 0 aliphatic rings. The fourth-order valence-electron chi connectivity index (χ4n) is 1.07. The zero-order valence-electron chi connectivity index (χ0n) is 9.12. The van der Waals surface area contributed by atoms with Gasteiger partial charge in [0.1, 0.15) is 0 Å². The Labute approximate surface area is 85.0 Å². The van der Waals surface area contributed by atoms with E-state index in [-0.39, 0.29) is 19.5 Å². The molecule has 0 aliphatic heterocycles. The molecule has 0 aromatic heterocycles. The Morgan fingerprint density at radius 1 is 1.21 bits per heavy atom. The summed E-state index contributed by atoms with van der Waals surface area (Å²) in [6.07, 6.45) is 0.277. The topological polar surface area (TPSA) is 71.0 Å². The van der Waals surface area contributed by atoms with Gasteiger partial charge < -0.3 is 25.0 Å². The molecule has 86 valence electrons. The molecule has 0 saturated carbocycles. The Bertz CT molecular complexity index is 127. The summed E-state index contributed by atoms with van der Waals surface area (Å²) in [5.74, 6) is 0. The zero-order chi connectivity index (χ0) is 11.0. The number of hydrogen-bond acceptors (Lipinski definition) is 5. The predicted molar refractivity (Wildman–Crippen MR) is 53.0 cm³/mol. The number of aliphatic hydroxyl groups excluding tert-OH is 2. The lowest BCUT2D eigenvalue weighted by atomic mass is 9.98. The summed E-state index contributed by atoms with van der Waals surface area (Å²) >= 11 is 0. The van der Waals surface area contributed by atoms with E-state index in [0.717, 1.165) is 0 Å². The first kappa shape index (κ1) is 13.8. The lowest BCUT2D eigenvalue weighted by Gasteiger charge is -2.31. The second-order valence-corrected chi connectivity index (χ2v) is 3.23. The largest absolute Gasteiger partial charge is 0.394 e. The van der Waals surface area contributed by atoms with Gasteiger partial charge in [-0.15, -0.1) is 0 Å². The van der Waals surface area contributed by atoms with Gasteiger partial charge in [-0.2, -0.15) is 0 Å². The van der Waals surface area contributed by atoms with Crippen LogP contribution in [0.1, 0.15) is 13.3 Å². The standard InChI is InChI=1S/C9H21NO4/c1-4-9(6-11,7-12)10-5-8(13-2)14-3/h8,10-12H,4-7H2,1-3H3. The maximum absolute atomic E-state index is 9.13. The molecule has 5 heteroatoms. The normalized spacial score (nSPS) is 12.4. The molecule has 0 heterocycles. The minimum absolute atomic E-state index is 0.111. The molecule has 0 radical (unpaired) electrons. The Morgan fingerprint density at radius 2 is 1.71 bits per heavy atom. The van der Waals surface area contributed by atoms with Crippen molar-refractivity contribution < 1.29 is 19.7 Å². The molecule has 0 aromatic carbocycles. The summed E-state index contributed by atoms with van der Waals surface area (Å²) in [7, 11) is 3.09. The molecule has 14 heavy (non-hydrogen) atoms. The molecular formula is C9H21NO4. The van der Waals surface area contributed by atoms with Gasteiger partial charge in [-0.25, -0.2) is 0 Å². The number of aliphatic hydroxyl groups is 2. The van der Waals surface area contributed by atoms with Crippen LogP contribution in [0.2, 0.25) is 0 Å². The third kappa shape index (κ3) is 3.89. The van der Waals surface area contributed by atoms with Gasteiger partial charge in [0.2, 0.25) is 0 Å². The van der Waals surface area contributed by atoms with Crippen molar-refractivity contribution in [2.75, 3.05) is 34.0 Å². The van der Waals surface area contributed by atoms with E-state index in [0.29, 0.717) is 13.0 Å². The molecular weight excluding hydrogens is 186 g/mol. The molecule has 0 aromatic rings. The van der Waals surface area contributed by atoms with Crippen LogP contribution < -0.4 is 5.32 Å². The first-order valence-corrected chi connectivity index (χ1v) is 4.70. The van der Waals surface area contributed by atoms with E-state index in [9.17, 15) is 0 Å². The van der Waals surface area contributed by atoms with Crippen molar-refractivity contribution in [1.29, 1.82) is 0 Å². The molecule has 0 aliphatic carbocycles. The molecule has 0 fully saturated rings. The van der Waals surface area contributed by atoms with Crippen LogP contribution in [0, 0.1) is 0 Å². The molecule has 0 unspecified atom stereocenters. The summed E-state index contributed by atoms with van der Waals surface area (Å²) in [4.78, 5) is 0. The van der Waals surface area contributed by atoms with E-state index in [1.54, 1.807) is 14.2 Å². The second kappa shape index (κ2) is 7.14. The summed E-state index contributed by atoms with van der Waals surface area (Å²) in [5, 5.41) is 21.3. The third-order valence-corrected chi connectivity index (χ3v) is 2.45. The molecule has 0 amide bonds. The fraction of sp³-hybridized carbons (Fsp3) is 1.00. The maximum atomic E-state index is 9.13. The fourth-order valence-corrected chi connectivity index (χ4v) is 1.07. The van der Waals surface area contributed by atoms with E-state index in [2.05, 4.69) is 5.32 Å². The lowest BCUT2D eigenvalue weighted by molar-refractivity contribution is -0.105. The van der Waals surface area contributed by atoms with E-state index >= 15 is 0 Å². The van der Waals surface area contributed by atoms with Crippen molar-refractivity contribution in [2.24, 2.45) is 0 Å². The average Bonchev–Trinajstić information content (AvgIpc) is 2.26. The minimum Gasteiger partial charge on any atom is -0.394 e. The van der Waals surface area contributed by atoms with Crippen LogP contribution in [0.15, 0.2) is 0 Å². The highest BCUT2D eigenvalue weighted by Gasteiger charge is 2.26. The van der Waals surface area contributed by atoms with Gasteiger partial charge in [0.15, 0.2) is 6.29 Å². The minimum atomic E-state index is -0.644. The molecule has 0 spiro atoms. The molecule has 0 rings (SSSR count). The Hall–Kier alpha value is -0.200. The van der Waals surface area contributed by atoms with Crippen molar-refractivity contribution in [3.63, 3.8) is 0 Å². The maximum Gasteiger partial charge on any atom is 0.169 e. The van der Waals surface area contributed by atoms with Gasteiger partial charge in [0.25, 0.3) is 0 Å². The van der Waals surface area contributed by atoms with Crippen molar-refractivity contribution in [3.8, 4) is 0 Å². The predicted octanol–water partition coefficient (Wildman–Crippen LogP) is -0.672. The quantitative estimate of drug-likeness (QED) is 0.460. The SMILES string of the molecule is CCC(CO)(CO)NCC(OC)OC. The van der Waals surface area contributed by atoms with Crippen LogP contribution in [0.5, 0.6) is 0 Å². The van der Waals surface area contributed by atoms with Crippen molar-refractivity contribution in [2.45, 2.75) is 25.2 Å². The number of hydrogen-bond donors (Lipinski definition) is 3. The highest BCUT2D eigenvalue weighted by atomic mass is 16.7. The zero-order valence-corrected chi connectivity index (χ0v) is 9.12. The van der Waals surface area contributed by atoms with E-state index in [4.69, 9.17) is 19.7 Å². The van der Waals surface area contributed by atoms with Crippen LogP contribution in [-0.2, 0) is 9.47 Å². The van der Waals surface area contributed by atoms with Gasteiger partial charge in [-0.05, 0) is 6.42 Å². The first-order valence-electron chi connectivity index (χ1n) is 4.70. The Balaban J connectivity index is 4.04. The van der Waals surface area contributed by atoms with Gasteiger partial charge in [-0.3, -0.25) is 0 Å². The highest BCUT2D eigenvalue weighted by Crippen LogP contribution is 2.08. The number of rotatable bonds is 8. The lowest BCUT2D eigenvalue weighted by Crippen LogP contribution is -2.53. The van der Waals surface area contributed by atoms with Crippen molar-refractivity contribution in [1.82, 2.24) is 5.32 Å². The van der Waals surface area contributed by atoms with E-state index < -0.39 is 5.54 Å². The molecule has 3 N–H and O–H groups in total. The van der Waals surface area contributed by atoms with Crippen LogP contribution in [0.4, 0.5) is 0 Å². The number of ether oxygens (including phenoxy) is 2. The molecule has 0 saturated heterocycles. The summed E-state index contributed by atoms with van der Waals surface area (Å²) < 4.78 is 9.96. The summed E-state index contributed by atoms with van der Waals surface area (Å²) in [6.45, 7) is 2.11. The van der Waals surface area contributed by atoms with E-state index in [1.807, 2.05) is 6.92 Å². The van der Waals surface area contributed by atoms with Gasteiger partial charge >= 0.3 is 0 Å². The number of nitrogens with one attached hydrogen (secondary N) is 1. The smallest absolute Gasteiger partial charge is 0.169 e. The monoisotopic (exact) mass is 207 g/mol. The van der Waals surface area contributed by atoms with Crippen LogP contribution in [0.3, 0.4) is 0 Å². The van der Waals surface area contributed by atoms with E-state index in [1.165, 1.54) is 0 Å². The van der Waals surface area contributed by atoms with Gasteiger partial charge in [-0.1, -0.05) is 6.92 Å².